The van der Waals surface area contributed by atoms with E-state index in [4.69, 9.17) is 5.11 Å². The molecular formula is C11H16N2O6. The van der Waals surface area contributed by atoms with Crippen molar-refractivity contribution in [2.75, 3.05) is 7.11 Å². The molecule has 0 saturated carbocycles. The maximum atomic E-state index is 11.1. The monoisotopic (exact) mass is 272 g/mol. The number of nitrogens with zero attached hydrogens (tertiary/aromatic N) is 2. The van der Waals surface area contributed by atoms with Gasteiger partial charge in [0.05, 0.1) is 25.3 Å². The number of ether oxygens (including phenoxy) is 1. The molecule has 0 radical (unpaired) electrons. The molecule has 1 rings (SSSR count). The van der Waals surface area contributed by atoms with E-state index >= 15 is 0 Å². The highest BCUT2D eigenvalue weighted by molar-refractivity contribution is 5.88. The van der Waals surface area contributed by atoms with Gasteiger partial charge in [0.25, 0.3) is 0 Å². The van der Waals surface area contributed by atoms with E-state index in [1.165, 1.54) is 14.0 Å². The number of aliphatic hydroxyl groups is 2. The largest absolute Gasteiger partial charge is 0.477 e. The minimum Gasteiger partial charge on any atom is -0.477 e. The maximum absolute atomic E-state index is 11.1. The number of rotatable bonds is 5. The number of methoxy groups -OCH3 is 1. The molecule has 1 aromatic heterocycles. The summed E-state index contributed by atoms with van der Waals surface area (Å²) in [4.78, 5) is 22.2. The fourth-order valence-electron chi connectivity index (χ4n) is 1.84. The third-order valence-electron chi connectivity index (χ3n) is 2.73. The van der Waals surface area contributed by atoms with Crippen LogP contribution in [0.3, 0.4) is 0 Å². The van der Waals surface area contributed by atoms with Crippen molar-refractivity contribution in [3.05, 3.63) is 17.0 Å². The lowest BCUT2D eigenvalue weighted by atomic mass is 10.00. The number of aryl methyl sites for hydroxylation is 2. The van der Waals surface area contributed by atoms with Crippen LogP contribution in [0, 0.1) is 6.92 Å². The van der Waals surface area contributed by atoms with Crippen molar-refractivity contribution < 1.29 is 29.6 Å². The first-order valence-corrected chi connectivity index (χ1v) is 5.49. The summed E-state index contributed by atoms with van der Waals surface area (Å²) in [6.45, 7) is 1.51. The van der Waals surface area contributed by atoms with E-state index in [1.54, 1.807) is 0 Å². The number of carboxylic acids is 1. The van der Waals surface area contributed by atoms with Crippen LogP contribution in [0.25, 0.3) is 0 Å². The highest BCUT2D eigenvalue weighted by Crippen LogP contribution is 2.26. The van der Waals surface area contributed by atoms with Crippen molar-refractivity contribution in [1.29, 1.82) is 0 Å². The summed E-state index contributed by atoms with van der Waals surface area (Å²) in [5.74, 6) is -1.98. The first-order valence-electron chi connectivity index (χ1n) is 5.49. The Hall–Kier alpha value is -1.93. The molecule has 0 aliphatic carbocycles. The van der Waals surface area contributed by atoms with E-state index in [9.17, 15) is 19.8 Å². The Morgan fingerprint density at radius 2 is 2.00 bits per heavy atom. The Bertz CT molecular complexity index is 496. The fourth-order valence-corrected chi connectivity index (χ4v) is 1.84. The van der Waals surface area contributed by atoms with Crippen molar-refractivity contribution in [1.82, 2.24) is 9.78 Å². The Labute approximate surface area is 109 Å². The number of aromatic carboxylic acids is 1. The van der Waals surface area contributed by atoms with E-state index < -0.39 is 30.6 Å². The van der Waals surface area contributed by atoms with Gasteiger partial charge in [0.1, 0.15) is 6.10 Å². The van der Waals surface area contributed by atoms with Crippen LogP contribution in [0.15, 0.2) is 0 Å². The molecule has 0 aliphatic heterocycles. The third kappa shape index (κ3) is 3.09. The second kappa shape index (κ2) is 5.81. The number of esters is 1. The molecule has 8 heteroatoms. The number of carbonyl (C=O) groups excluding carboxylic acids is 1. The van der Waals surface area contributed by atoms with Crippen molar-refractivity contribution >= 4 is 11.9 Å². The maximum Gasteiger partial charge on any atom is 0.354 e. The minimum atomic E-state index is -1.53. The van der Waals surface area contributed by atoms with Gasteiger partial charge < -0.3 is 20.1 Å². The van der Waals surface area contributed by atoms with Crippen LogP contribution < -0.4 is 0 Å². The van der Waals surface area contributed by atoms with Crippen molar-refractivity contribution in [3.8, 4) is 0 Å². The van der Waals surface area contributed by atoms with Crippen LogP contribution >= 0.6 is 0 Å². The second-order valence-electron chi connectivity index (χ2n) is 4.07. The first kappa shape index (κ1) is 15.1. The topological polar surface area (TPSA) is 122 Å². The molecule has 0 bridgehead atoms. The number of carboxylic acid groups (broad SMARTS) is 1. The molecule has 2 unspecified atom stereocenters. The Kier molecular flexibility index (Phi) is 4.62. The van der Waals surface area contributed by atoms with Gasteiger partial charge in [-0.3, -0.25) is 9.48 Å². The van der Waals surface area contributed by atoms with Crippen LogP contribution in [-0.2, 0) is 16.6 Å². The molecule has 1 aromatic rings. The van der Waals surface area contributed by atoms with Crippen LogP contribution in [0.5, 0.6) is 0 Å². The average molecular weight is 272 g/mol. The molecule has 0 aromatic carbocycles. The molecule has 2 atom stereocenters. The Balaban J connectivity index is 3.08. The molecule has 0 spiro atoms. The Morgan fingerprint density at radius 3 is 2.47 bits per heavy atom. The van der Waals surface area contributed by atoms with Crippen molar-refractivity contribution in [2.24, 2.45) is 7.05 Å². The summed E-state index contributed by atoms with van der Waals surface area (Å²) < 4.78 is 5.47. The standard InChI is InChI=1S/C11H16N2O6/c1-5-8(9(11(17)18)13(2)12-5)10(16)6(14)4-7(15)19-3/h6,10,14,16H,4H2,1-3H3,(H,17,18). The summed E-state index contributed by atoms with van der Waals surface area (Å²) in [6.07, 6.45) is -3.43. The summed E-state index contributed by atoms with van der Waals surface area (Å²) in [7, 11) is 2.57. The quantitative estimate of drug-likeness (QED) is 0.611. The highest BCUT2D eigenvalue weighted by atomic mass is 16.5. The van der Waals surface area contributed by atoms with Crippen LogP contribution in [0.2, 0.25) is 0 Å². The molecule has 0 amide bonds. The lowest BCUT2D eigenvalue weighted by Crippen LogP contribution is -2.24. The second-order valence-corrected chi connectivity index (χ2v) is 4.07. The summed E-state index contributed by atoms with van der Waals surface area (Å²) >= 11 is 0. The zero-order valence-electron chi connectivity index (χ0n) is 10.8. The van der Waals surface area contributed by atoms with Gasteiger partial charge in [0, 0.05) is 12.6 Å². The Morgan fingerprint density at radius 1 is 1.42 bits per heavy atom. The number of hydrogen-bond acceptors (Lipinski definition) is 6. The number of aromatic nitrogens is 2. The molecule has 8 nitrogen and oxygen atoms in total. The molecular weight excluding hydrogens is 256 g/mol. The zero-order valence-corrected chi connectivity index (χ0v) is 10.8. The molecule has 0 aliphatic rings. The van der Waals surface area contributed by atoms with E-state index in [0.717, 1.165) is 11.8 Å². The van der Waals surface area contributed by atoms with E-state index in [2.05, 4.69) is 9.84 Å². The van der Waals surface area contributed by atoms with Crippen LogP contribution in [-0.4, -0.2) is 50.3 Å². The normalized spacial score (nSPS) is 13.9. The fraction of sp³-hybridized carbons (Fsp3) is 0.545. The lowest BCUT2D eigenvalue weighted by molar-refractivity contribution is -0.144. The number of carbonyl (C=O) groups is 2. The van der Waals surface area contributed by atoms with E-state index in [-0.39, 0.29) is 17.0 Å². The van der Waals surface area contributed by atoms with E-state index in [0.29, 0.717) is 0 Å². The van der Waals surface area contributed by atoms with Gasteiger partial charge >= 0.3 is 11.9 Å². The van der Waals surface area contributed by atoms with Crippen molar-refractivity contribution in [2.45, 2.75) is 25.6 Å². The molecule has 19 heavy (non-hydrogen) atoms. The van der Waals surface area contributed by atoms with Crippen LogP contribution in [0.1, 0.15) is 34.3 Å². The van der Waals surface area contributed by atoms with Gasteiger partial charge in [-0.2, -0.15) is 5.10 Å². The number of aliphatic hydroxyl groups excluding tert-OH is 2. The third-order valence-corrected chi connectivity index (χ3v) is 2.73. The minimum absolute atomic E-state index is 0.00796. The predicted molar refractivity (Wildman–Crippen MR) is 62.5 cm³/mol. The van der Waals surface area contributed by atoms with Gasteiger partial charge in [-0.25, -0.2) is 4.79 Å². The molecule has 3 N–H and O–H groups in total. The average Bonchev–Trinajstić information content (AvgIpc) is 2.62. The molecule has 0 saturated heterocycles. The lowest BCUT2D eigenvalue weighted by Gasteiger charge is -2.17. The predicted octanol–water partition coefficient (Wildman–Crippen LogP) is -0.616. The molecule has 0 fully saturated rings. The van der Waals surface area contributed by atoms with Gasteiger partial charge in [-0.15, -0.1) is 0 Å². The zero-order chi connectivity index (χ0) is 14.7. The van der Waals surface area contributed by atoms with Crippen molar-refractivity contribution in [3.63, 3.8) is 0 Å². The SMILES string of the molecule is COC(=O)CC(O)C(O)c1c(C)nn(C)c1C(=O)O. The van der Waals surface area contributed by atoms with Gasteiger partial charge in [0.2, 0.25) is 0 Å². The van der Waals surface area contributed by atoms with Gasteiger partial charge in [0.15, 0.2) is 5.69 Å². The highest BCUT2D eigenvalue weighted by Gasteiger charge is 2.30. The van der Waals surface area contributed by atoms with Crippen LogP contribution in [0.4, 0.5) is 0 Å². The summed E-state index contributed by atoms with van der Waals surface area (Å²) in [6, 6.07) is 0. The first-order chi connectivity index (χ1) is 8.79. The van der Waals surface area contributed by atoms with Gasteiger partial charge in [-0.1, -0.05) is 0 Å². The number of hydrogen-bond donors (Lipinski definition) is 3. The molecule has 1 heterocycles. The van der Waals surface area contributed by atoms with E-state index in [1.807, 2.05) is 0 Å². The van der Waals surface area contributed by atoms with Gasteiger partial charge in [-0.05, 0) is 6.92 Å². The molecule has 106 valence electrons. The summed E-state index contributed by atoms with van der Waals surface area (Å²) in [5.41, 5.74) is 0.0386. The summed E-state index contributed by atoms with van der Waals surface area (Å²) in [5, 5.41) is 32.7. The smallest absolute Gasteiger partial charge is 0.354 e.